The van der Waals surface area contributed by atoms with Crippen LogP contribution in [0.3, 0.4) is 0 Å². The Morgan fingerprint density at radius 1 is 1.12 bits per heavy atom. The number of aromatic amines is 1. The molecule has 2 N–H and O–H groups in total. The summed E-state index contributed by atoms with van der Waals surface area (Å²) in [6, 6.07) is 6.40. The molecule has 1 amide bonds. The van der Waals surface area contributed by atoms with Gasteiger partial charge in [-0.1, -0.05) is 11.6 Å². The van der Waals surface area contributed by atoms with E-state index in [1.165, 1.54) is 0 Å². The van der Waals surface area contributed by atoms with E-state index in [0.717, 1.165) is 75.5 Å². The van der Waals surface area contributed by atoms with Crippen molar-refractivity contribution in [3.8, 4) is 5.75 Å². The molecule has 0 spiro atoms. The molecule has 2 aliphatic heterocycles. The Bertz CT molecular complexity index is 1250. The zero-order valence-electron chi connectivity index (χ0n) is 23.8. The van der Waals surface area contributed by atoms with E-state index in [4.69, 9.17) is 25.8 Å². The number of carbonyl (C=O) groups is 1. The van der Waals surface area contributed by atoms with Crippen molar-refractivity contribution < 1.29 is 19.0 Å². The maximum atomic E-state index is 13.5. The minimum Gasteiger partial charge on any atom is -0.490 e. The quantitative estimate of drug-likeness (QED) is 0.471. The molecule has 1 aliphatic carbocycles. The highest BCUT2D eigenvalue weighted by molar-refractivity contribution is 6.36. The Labute approximate surface area is 241 Å². The van der Waals surface area contributed by atoms with Crippen LogP contribution in [0.25, 0.3) is 0 Å². The number of amides is 1. The molecule has 0 bridgehead atoms. The molecule has 1 aromatic carbocycles. The zero-order valence-corrected chi connectivity index (χ0v) is 24.5. The smallest absolute Gasteiger partial charge is 0.253 e. The molecule has 0 unspecified atom stereocenters. The number of aromatic nitrogens is 1. The van der Waals surface area contributed by atoms with Crippen molar-refractivity contribution in [1.82, 2.24) is 15.2 Å². The van der Waals surface area contributed by atoms with Crippen molar-refractivity contribution in [2.24, 2.45) is 0 Å². The van der Waals surface area contributed by atoms with E-state index in [-0.39, 0.29) is 30.2 Å². The number of H-pyrrole nitrogens is 1. The van der Waals surface area contributed by atoms with Gasteiger partial charge in [-0.25, -0.2) is 0 Å². The van der Waals surface area contributed by atoms with E-state index in [9.17, 15) is 9.59 Å². The minimum atomic E-state index is -0.334. The van der Waals surface area contributed by atoms with Crippen LogP contribution in [-0.2, 0) is 16.0 Å². The van der Waals surface area contributed by atoms with Crippen molar-refractivity contribution in [1.29, 1.82) is 0 Å². The summed E-state index contributed by atoms with van der Waals surface area (Å²) in [6.07, 6.45) is 3.79. The lowest BCUT2D eigenvalue weighted by Gasteiger charge is -2.44. The number of ether oxygens (including phenoxy) is 3. The fraction of sp³-hybridized carbons (Fsp3) is 0.600. The number of pyridine rings is 1. The molecule has 0 radical (unpaired) electrons. The Morgan fingerprint density at radius 2 is 1.82 bits per heavy atom. The Balaban J connectivity index is 1.37. The summed E-state index contributed by atoms with van der Waals surface area (Å²) in [4.78, 5) is 33.6. The first-order chi connectivity index (χ1) is 19.3. The third kappa shape index (κ3) is 6.48. The Kier molecular flexibility index (Phi) is 9.35. The van der Waals surface area contributed by atoms with Crippen molar-refractivity contribution in [2.75, 3.05) is 51.0 Å². The fourth-order valence-corrected chi connectivity index (χ4v) is 6.38. The van der Waals surface area contributed by atoms with Gasteiger partial charge in [0.2, 0.25) is 0 Å². The van der Waals surface area contributed by atoms with Crippen LogP contribution in [0.4, 0.5) is 5.69 Å². The summed E-state index contributed by atoms with van der Waals surface area (Å²) in [5, 5.41) is 3.32. The third-order valence-electron chi connectivity index (χ3n) is 8.41. The lowest BCUT2D eigenvalue weighted by Crippen LogP contribution is -2.52. The normalized spacial score (nSPS) is 22.0. The molecule has 1 aromatic heterocycles. The van der Waals surface area contributed by atoms with E-state index in [1.807, 2.05) is 26.0 Å². The second-order valence-corrected chi connectivity index (χ2v) is 11.5. The predicted molar refractivity (Wildman–Crippen MR) is 156 cm³/mol. The van der Waals surface area contributed by atoms with E-state index in [2.05, 4.69) is 27.0 Å². The molecule has 3 heterocycles. The van der Waals surface area contributed by atoms with E-state index in [1.54, 1.807) is 6.07 Å². The zero-order chi connectivity index (χ0) is 28.2. The first kappa shape index (κ1) is 28.9. The number of aryl methyl sites for hydroxylation is 2. The molecule has 3 fully saturated rings. The van der Waals surface area contributed by atoms with Crippen molar-refractivity contribution in [3.05, 3.63) is 56.0 Å². The maximum Gasteiger partial charge on any atom is 0.253 e. The summed E-state index contributed by atoms with van der Waals surface area (Å²) >= 11 is 6.97. The molecule has 2 saturated heterocycles. The minimum absolute atomic E-state index is 0.0877. The summed E-state index contributed by atoms with van der Waals surface area (Å²) in [5.41, 5.74) is 3.11. The number of carbonyl (C=O) groups excluding carboxylic acids is 1. The molecular formula is C30H41ClN4O5. The molecule has 10 heteroatoms. The molecule has 2 aromatic rings. The van der Waals surface area contributed by atoms with Gasteiger partial charge in [0.25, 0.3) is 11.5 Å². The Morgan fingerprint density at radius 3 is 2.50 bits per heavy atom. The number of hydrogen-bond acceptors (Lipinski definition) is 7. The largest absolute Gasteiger partial charge is 0.490 e. The third-order valence-corrected chi connectivity index (χ3v) is 8.80. The molecule has 5 rings (SSSR count). The van der Waals surface area contributed by atoms with Crippen LogP contribution in [0.5, 0.6) is 5.75 Å². The van der Waals surface area contributed by atoms with Crippen molar-refractivity contribution in [2.45, 2.75) is 71.2 Å². The van der Waals surface area contributed by atoms with Gasteiger partial charge in [-0.3, -0.25) is 14.5 Å². The fourth-order valence-electron chi connectivity index (χ4n) is 6.08. The van der Waals surface area contributed by atoms with Gasteiger partial charge in [-0.05, 0) is 51.3 Å². The van der Waals surface area contributed by atoms with Crippen LogP contribution in [-0.4, -0.2) is 80.0 Å². The topological polar surface area (TPSA) is 96.1 Å². The second kappa shape index (κ2) is 12.9. The first-order valence-corrected chi connectivity index (χ1v) is 14.9. The van der Waals surface area contributed by atoms with Crippen LogP contribution in [0.1, 0.15) is 59.8 Å². The summed E-state index contributed by atoms with van der Waals surface area (Å²) in [5.74, 6) is 0.309. The Hall–Kier alpha value is -2.59. The highest BCUT2D eigenvalue weighted by Gasteiger charge is 2.36. The average Bonchev–Trinajstić information content (AvgIpc) is 2.92. The van der Waals surface area contributed by atoms with Crippen LogP contribution < -0.4 is 20.5 Å². The van der Waals surface area contributed by atoms with Crippen molar-refractivity contribution >= 4 is 23.2 Å². The average molecular weight is 573 g/mol. The molecule has 218 valence electrons. The van der Waals surface area contributed by atoms with E-state index >= 15 is 0 Å². The maximum absolute atomic E-state index is 13.5. The van der Waals surface area contributed by atoms with Gasteiger partial charge in [0, 0.05) is 81.6 Å². The number of benzene rings is 1. The lowest BCUT2D eigenvalue weighted by atomic mass is 9.87. The molecule has 9 nitrogen and oxygen atoms in total. The van der Waals surface area contributed by atoms with Gasteiger partial charge in [0.1, 0.15) is 11.9 Å². The SMILES string of the molecule is CCN(c1cc(O[C@H]2C[C@H](N3CCOCC3)C2)cc(C(=O)NCc2c(C)cc(C)[nH]c2=O)c1Cl)C1CCOCC1. The summed E-state index contributed by atoms with van der Waals surface area (Å²) in [7, 11) is 0. The van der Waals surface area contributed by atoms with E-state index < -0.39 is 0 Å². The molecule has 0 atom stereocenters. The van der Waals surface area contributed by atoms with Crippen molar-refractivity contribution in [3.63, 3.8) is 0 Å². The van der Waals surface area contributed by atoms with Crippen LogP contribution in [0, 0.1) is 13.8 Å². The molecular weight excluding hydrogens is 532 g/mol. The highest BCUT2D eigenvalue weighted by Crippen LogP contribution is 2.38. The van der Waals surface area contributed by atoms with Gasteiger partial charge < -0.3 is 29.4 Å². The number of nitrogens with zero attached hydrogens (tertiary/aromatic N) is 2. The number of rotatable bonds is 9. The standard InChI is InChI=1S/C30H41ClN4O5/c1-4-35(21-5-9-38-10-6-21)27-17-24(40-23-14-22(15-23)34-7-11-39-12-8-34)16-25(28(27)31)29(36)32-18-26-19(2)13-20(3)33-30(26)37/h13,16-17,21-23H,4-12,14-15,18H2,1-3H3,(H,32,36)(H,33,37)/t22-,23-. The van der Waals surface area contributed by atoms with Gasteiger partial charge in [0.15, 0.2) is 0 Å². The number of morpholine rings is 1. The summed E-state index contributed by atoms with van der Waals surface area (Å²) < 4.78 is 17.5. The monoisotopic (exact) mass is 572 g/mol. The predicted octanol–water partition coefficient (Wildman–Crippen LogP) is 3.82. The van der Waals surface area contributed by atoms with Crippen LogP contribution in [0.2, 0.25) is 5.02 Å². The lowest BCUT2D eigenvalue weighted by molar-refractivity contribution is -0.0373. The number of nitrogens with one attached hydrogen (secondary N) is 2. The highest BCUT2D eigenvalue weighted by atomic mass is 35.5. The number of hydrogen-bond donors (Lipinski definition) is 2. The van der Waals surface area contributed by atoms with Crippen LogP contribution in [0.15, 0.2) is 23.0 Å². The van der Waals surface area contributed by atoms with Gasteiger partial charge >= 0.3 is 0 Å². The summed E-state index contributed by atoms with van der Waals surface area (Å²) in [6.45, 7) is 11.6. The first-order valence-electron chi connectivity index (χ1n) is 14.5. The number of halogens is 1. The van der Waals surface area contributed by atoms with E-state index in [0.29, 0.717) is 41.2 Å². The molecule has 1 saturated carbocycles. The van der Waals surface area contributed by atoms with Gasteiger partial charge in [0.05, 0.1) is 29.5 Å². The van der Waals surface area contributed by atoms with Crippen LogP contribution >= 0.6 is 11.6 Å². The van der Waals surface area contributed by atoms with Gasteiger partial charge in [-0.15, -0.1) is 0 Å². The second-order valence-electron chi connectivity index (χ2n) is 11.1. The molecule has 40 heavy (non-hydrogen) atoms. The van der Waals surface area contributed by atoms with Gasteiger partial charge in [-0.2, -0.15) is 0 Å². The molecule has 3 aliphatic rings. The number of anilines is 1.